The minimum atomic E-state index is -0.431. The minimum absolute atomic E-state index is 0.0249. The summed E-state index contributed by atoms with van der Waals surface area (Å²) in [5.41, 5.74) is 2.67. The Morgan fingerprint density at radius 2 is 1.52 bits per heavy atom. The number of amides is 1. The van der Waals surface area contributed by atoms with Crippen molar-refractivity contribution < 1.29 is 9.21 Å². The maximum Gasteiger partial charge on any atom is 0.336 e. The van der Waals surface area contributed by atoms with Gasteiger partial charge < -0.3 is 14.3 Å². The Labute approximate surface area is 176 Å². The number of hydrogen-bond donors (Lipinski definition) is 1. The van der Waals surface area contributed by atoms with Crippen LogP contribution in [0.4, 0.5) is 5.69 Å². The molecule has 31 heavy (non-hydrogen) atoms. The first-order chi connectivity index (χ1) is 15.0. The molecule has 0 saturated carbocycles. The van der Waals surface area contributed by atoms with Gasteiger partial charge in [-0.3, -0.25) is 9.59 Å². The molecule has 1 N–H and O–H groups in total. The third kappa shape index (κ3) is 3.28. The summed E-state index contributed by atoms with van der Waals surface area (Å²) in [6.07, 6.45) is 0. The van der Waals surface area contributed by atoms with Crippen molar-refractivity contribution in [2.45, 2.75) is 13.5 Å². The molecule has 1 amide bonds. The average Bonchev–Trinajstić information content (AvgIpc) is 2.76. The number of aryl methyl sites for hydroxylation is 1. The first-order valence-corrected chi connectivity index (χ1v) is 9.86. The number of carbonyl (C=O) groups is 1. The molecular formula is C25H18N2O4. The van der Waals surface area contributed by atoms with E-state index in [1.165, 1.54) is 6.07 Å². The molecule has 5 rings (SSSR count). The van der Waals surface area contributed by atoms with Crippen LogP contribution < -0.4 is 16.4 Å². The fraction of sp³-hybridized carbons (Fsp3) is 0.0800. The third-order valence-electron chi connectivity index (χ3n) is 5.42. The van der Waals surface area contributed by atoms with Gasteiger partial charge in [-0.2, -0.15) is 0 Å². The van der Waals surface area contributed by atoms with Gasteiger partial charge in [0.05, 0.1) is 11.0 Å². The quantitative estimate of drug-likeness (QED) is 0.357. The van der Waals surface area contributed by atoms with Gasteiger partial charge in [-0.15, -0.1) is 0 Å². The van der Waals surface area contributed by atoms with Crippen molar-refractivity contribution in [3.05, 3.63) is 99.0 Å². The monoisotopic (exact) mass is 410 g/mol. The normalized spacial score (nSPS) is 11.3. The summed E-state index contributed by atoms with van der Waals surface area (Å²) < 4.78 is 7.10. The van der Waals surface area contributed by atoms with Crippen molar-refractivity contribution in [1.29, 1.82) is 0 Å². The van der Waals surface area contributed by atoms with Crippen molar-refractivity contribution in [3.8, 4) is 0 Å². The Kier molecular flexibility index (Phi) is 4.40. The van der Waals surface area contributed by atoms with E-state index in [9.17, 15) is 14.4 Å². The molecule has 2 heterocycles. The zero-order valence-electron chi connectivity index (χ0n) is 16.7. The highest BCUT2D eigenvalue weighted by Gasteiger charge is 2.13. The van der Waals surface area contributed by atoms with E-state index in [4.69, 9.17) is 4.42 Å². The Bertz CT molecular complexity index is 1550. The molecule has 0 aliphatic carbocycles. The van der Waals surface area contributed by atoms with E-state index >= 15 is 0 Å². The Morgan fingerprint density at radius 3 is 2.19 bits per heavy atom. The van der Waals surface area contributed by atoms with Crippen LogP contribution in [0.15, 0.2) is 86.8 Å². The summed E-state index contributed by atoms with van der Waals surface area (Å²) in [6.45, 7) is 1.86. The largest absolute Gasteiger partial charge is 0.423 e. The van der Waals surface area contributed by atoms with Crippen LogP contribution in [0.25, 0.3) is 32.8 Å². The molecule has 0 aliphatic rings. The summed E-state index contributed by atoms with van der Waals surface area (Å²) >= 11 is 0. The summed E-state index contributed by atoms with van der Waals surface area (Å²) in [7, 11) is 0. The maximum absolute atomic E-state index is 12.9. The van der Waals surface area contributed by atoms with E-state index in [-0.39, 0.29) is 17.9 Å². The van der Waals surface area contributed by atoms with Crippen LogP contribution in [0.5, 0.6) is 0 Å². The van der Waals surface area contributed by atoms with Crippen molar-refractivity contribution >= 4 is 44.4 Å². The van der Waals surface area contributed by atoms with Gasteiger partial charge in [-0.25, -0.2) is 4.79 Å². The zero-order chi connectivity index (χ0) is 21.5. The molecule has 0 atom stereocenters. The summed E-state index contributed by atoms with van der Waals surface area (Å²) in [5.74, 6) is -0.256. The molecule has 5 aromatic rings. The predicted octanol–water partition coefficient (Wildman–Crippen LogP) is 4.21. The fourth-order valence-corrected chi connectivity index (χ4v) is 3.99. The lowest BCUT2D eigenvalue weighted by Gasteiger charge is -2.15. The highest BCUT2D eigenvalue weighted by atomic mass is 16.4. The van der Waals surface area contributed by atoms with Crippen molar-refractivity contribution in [2.24, 2.45) is 0 Å². The highest BCUT2D eigenvalue weighted by Crippen LogP contribution is 2.22. The van der Waals surface area contributed by atoms with Crippen LogP contribution in [0.2, 0.25) is 0 Å². The van der Waals surface area contributed by atoms with Gasteiger partial charge in [-0.05, 0) is 48.9 Å². The number of para-hydroxylation sites is 2. The standard InChI is InChI=1S/C25H18N2O4/c1-15-12-24(29)31-22-13-16(10-11-17(15)22)26-23(28)14-27-20-8-4-2-6-18(20)25(30)19-7-3-5-9-21(19)27/h2-13H,14H2,1H3,(H,26,28). The molecule has 6 nitrogen and oxygen atoms in total. The second-order valence-corrected chi connectivity index (χ2v) is 7.46. The number of carbonyl (C=O) groups excluding carboxylic acids is 1. The molecule has 3 aromatic carbocycles. The first kappa shape index (κ1) is 18.8. The highest BCUT2D eigenvalue weighted by molar-refractivity contribution is 5.98. The lowest BCUT2D eigenvalue weighted by molar-refractivity contribution is -0.116. The predicted molar refractivity (Wildman–Crippen MR) is 122 cm³/mol. The number of fused-ring (bicyclic) bond motifs is 3. The molecule has 0 fully saturated rings. The number of aromatic nitrogens is 1. The Morgan fingerprint density at radius 1 is 0.871 bits per heavy atom. The van der Waals surface area contributed by atoms with E-state index < -0.39 is 5.63 Å². The number of nitrogens with zero attached hydrogens (tertiary/aromatic N) is 1. The van der Waals surface area contributed by atoms with Crippen molar-refractivity contribution in [2.75, 3.05) is 5.32 Å². The molecule has 152 valence electrons. The smallest absolute Gasteiger partial charge is 0.336 e. The van der Waals surface area contributed by atoms with Gasteiger partial charge >= 0.3 is 5.63 Å². The lowest BCUT2D eigenvalue weighted by atomic mass is 10.1. The van der Waals surface area contributed by atoms with Crippen LogP contribution in [-0.2, 0) is 11.3 Å². The zero-order valence-corrected chi connectivity index (χ0v) is 16.7. The van der Waals surface area contributed by atoms with Crippen LogP contribution in [-0.4, -0.2) is 10.5 Å². The van der Waals surface area contributed by atoms with Gasteiger partial charge in [-0.1, -0.05) is 24.3 Å². The van der Waals surface area contributed by atoms with Crippen LogP contribution in [0.1, 0.15) is 5.56 Å². The molecule has 6 heteroatoms. The van der Waals surface area contributed by atoms with Gasteiger partial charge in [0, 0.05) is 34.0 Å². The number of pyridine rings is 1. The van der Waals surface area contributed by atoms with E-state index in [1.807, 2.05) is 54.0 Å². The van der Waals surface area contributed by atoms with Crippen LogP contribution >= 0.6 is 0 Å². The molecule has 0 bridgehead atoms. The molecule has 0 saturated heterocycles. The number of nitrogens with one attached hydrogen (secondary N) is 1. The molecule has 0 spiro atoms. The fourth-order valence-electron chi connectivity index (χ4n) is 3.99. The number of benzene rings is 3. The summed E-state index contributed by atoms with van der Waals surface area (Å²) in [6, 6.07) is 21.2. The number of anilines is 1. The molecule has 0 unspecified atom stereocenters. The minimum Gasteiger partial charge on any atom is -0.423 e. The molecule has 0 radical (unpaired) electrons. The van der Waals surface area contributed by atoms with E-state index in [1.54, 1.807) is 24.3 Å². The number of hydrogen-bond acceptors (Lipinski definition) is 4. The molecular weight excluding hydrogens is 392 g/mol. The maximum atomic E-state index is 12.9. The lowest BCUT2D eigenvalue weighted by Crippen LogP contribution is -2.21. The van der Waals surface area contributed by atoms with Crippen molar-refractivity contribution in [1.82, 2.24) is 4.57 Å². The second kappa shape index (κ2) is 7.25. The van der Waals surface area contributed by atoms with Gasteiger partial charge in [0.25, 0.3) is 0 Å². The van der Waals surface area contributed by atoms with E-state index in [2.05, 4.69) is 5.32 Å². The summed E-state index contributed by atoms with van der Waals surface area (Å²) in [5, 5.41) is 4.81. The van der Waals surface area contributed by atoms with Gasteiger partial charge in [0.1, 0.15) is 12.1 Å². The van der Waals surface area contributed by atoms with Crippen LogP contribution in [0.3, 0.4) is 0 Å². The van der Waals surface area contributed by atoms with E-state index in [0.29, 0.717) is 33.1 Å². The summed E-state index contributed by atoms with van der Waals surface area (Å²) in [4.78, 5) is 37.4. The Hall–Kier alpha value is -4.19. The number of rotatable bonds is 3. The van der Waals surface area contributed by atoms with Gasteiger partial charge in [0.2, 0.25) is 5.91 Å². The molecule has 0 aliphatic heterocycles. The van der Waals surface area contributed by atoms with Crippen molar-refractivity contribution in [3.63, 3.8) is 0 Å². The molecule has 2 aromatic heterocycles. The topological polar surface area (TPSA) is 81.3 Å². The Balaban J connectivity index is 1.55. The van der Waals surface area contributed by atoms with Crippen LogP contribution in [0, 0.1) is 6.92 Å². The van der Waals surface area contributed by atoms with Gasteiger partial charge in [0.15, 0.2) is 5.43 Å². The third-order valence-corrected chi connectivity index (χ3v) is 5.42. The second-order valence-electron chi connectivity index (χ2n) is 7.46. The first-order valence-electron chi connectivity index (χ1n) is 9.86. The SMILES string of the molecule is Cc1cc(=O)oc2cc(NC(=O)Cn3c4ccccc4c(=O)c4ccccc43)ccc12. The van der Waals surface area contributed by atoms with E-state index in [0.717, 1.165) is 10.9 Å². The average molecular weight is 410 g/mol.